The minimum atomic E-state index is -0.518. The predicted octanol–water partition coefficient (Wildman–Crippen LogP) is 5.69. The smallest absolute Gasteiger partial charge is 0.278 e. The fourth-order valence-corrected chi connectivity index (χ4v) is 5.83. The largest absolute Gasteiger partial charge is 0.497 e. The molecule has 0 atom stereocenters. The Bertz CT molecular complexity index is 1520. The number of benzene rings is 2. The Balaban J connectivity index is 2.02. The molecule has 35 heavy (non-hydrogen) atoms. The molecule has 0 spiro atoms. The van der Waals surface area contributed by atoms with E-state index >= 15 is 0 Å². The van der Waals surface area contributed by atoms with Crippen molar-refractivity contribution in [3.05, 3.63) is 62.8 Å². The van der Waals surface area contributed by atoms with Crippen LogP contribution in [0.2, 0.25) is 0 Å². The van der Waals surface area contributed by atoms with Gasteiger partial charge in [-0.05, 0) is 36.5 Å². The molecule has 4 rings (SSSR count). The number of para-hydroxylation sites is 1. The lowest BCUT2D eigenvalue weighted by molar-refractivity contribution is -0.123. The molecule has 0 amide bonds. The third-order valence-corrected chi connectivity index (χ3v) is 7.68. The Hall–Kier alpha value is -2.95. The van der Waals surface area contributed by atoms with Crippen molar-refractivity contribution in [3.8, 4) is 22.9 Å². The van der Waals surface area contributed by atoms with Crippen LogP contribution in [0.3, 0.4) is 0 Å². The molecule has 0 saturated carbocycles. The van der Waals surface area contributed by atoms with Crippen molar-refractivity contribution >= 4 is 51.4 Å². The van der Waals surface area contributed by atoms with Gasteiger partial charge in [-0.25, -0.2) is 4.98 Å². The number of fused-ring (bicyclic) bond motifs is 1. The van der Waals surface area contributed by atoms with Crippen LogP contribution in [-0.4, -0.2) is 39.9 Å². The van der Waals surface area contributed by atoms with Crippen molar-refractivity contribution in [2.24, 2.45) is 5.41 Å². The van der Waals surface area contributed by atoms with Crippen LogP contribution in [0, 0.1) is 9.37 Å². The van der Waals surface area contributed by atoms with Gasteiger partial charge in [-0.15, -0.1) is 0 Å². The number of thiazole rings is 1. The molecule has 2 heterocycles. The Labute approximate surface area is 216 Å². The quantitative estimate of drug-likeness (QED) is 0.174. The van der Waals surface area contributed by atoms with Crippen LogP contribution in [-0.2, 0) is 4.79 Å². The Morgan fingerprint density at radius 3 is 2.43 bits per heavy atom. The average Bonchev–Trinajstić information content (AvgIpc) is 3.18. The van der Waals surface area contributed by atoms with E-state index in [1.807, 2.05) is 51.1 Å². The first-order valence-corrected chi connectivity index (χ1v) is 13.0. The summed E-state index contributed by atoms with van der Waals surface area (Å²) in [5.74, 6) is 1.24. The number of carbonyl (C=O) groups is 1. The first-order valence-electron chi connectivity index (χ1n) is 10.8. The molecule has 0 N–H and O–H groups in total. The van der Waals surface area contributed by atoms with E-state index in [0.29, 0.717) is 36.6 Å². The summed E-state index contributed by atoms with van der Waals surface area (Å²) in [5.41, 5.74) is 0.936. The van der Waals surface area contributed by atoms with Gasteiger partial charge < -0.3 is 9.47 Å². The molecule has 4 aromatic rings. The Morgan fingerprint density at radius 2 is 1.80 bits per heavy atom. The summed E-state index contributed by atoms with van der Waals surface area (Å²) in [6.07, 6.45) is 0. The zero-order valence-corrected chi connectivity index (χ0v) is 22.5. The van der Waals surface area contributed by atoms with Crippen molar-refractivity contribution in [1.82, 2.24) is 14.1 Å². The van der Waals surface area contributed by atoms with Crippen LogP contribution in [0.25, 0.3) is 21.7 Å². The zero-order chi connectivity index (χ0) is 25.3. The molecule has 10 heteroatoms. The second-order valence-electron chi connectivity index (χ2n) is 8.73. The fourth-order valence-electron chi connectivity index (χ4n) is 3.37. The van der Waals surface area contributed by atoms with Crippen LogP contribution < -0.4 is 15.0 Å². The second kappa shape index (κ2) is 9.96. The monoisotopic (exact) mass is 527 g/mol. The van der Waals surface area contributed by atoms with Crippen molar-refractivity contribution in [2.75, 3.05) is 20.0 Å². The van der Waals surface area contributed by atoms with E-state index in [9.17, 15) is 9.59 Å². The molecule has 2 aromatic carbocycles. The lowest BCUT2D eigenvalue weighted by Gasteiger charge is -2.18. The Morgan fingerprint density at radius 1 is 1.09 bits per heavy atom. The maximum atomic E-state index is 13.9. The zero-order valence-electron chi connectivity index (χ0n) is 20.0. The summed E-state index contributed by atoms with van der Waals surface area (Å²) >= 11 is 8.05. The van der Waals surface area contributed by atoms with Crippen molar-refractivity contribution in [3.63, 3.8) is 0 Å². The first kappa shape index (κ1) is 25.2. The number of aromatic nitrogens is 3. The number of thioether (sulfide) groups is 1. The van der Waals surface area contributed by atoms with E-state index in [-0.39, 0.29) is 17.1 Å². The highest BCUT2D eigenvalue weighted by molar-refractivity contribution is 7.99. The summed E-state index contributed by atoms with van der Waals surface area (Å²) in [6.45, 7) is 5.61. The average molecular weight is 528 g/mol. The van der Waals surface area contributed by atoms with Crippen LogP contribution >= 0.6 is 35.3 Å². The lowest BCUT2D eigenvalue weighted by atomic mass is 9.92. The summed E-state index contributed by atoms with van der Waals surface area (Å²) in [5, 5.41) is 0.365. The molecule has 0 aliphatic heterocycles. The van der Waals surface area contributed by atoms with E-state index in [1.54, 1.807) is 29.9 Å². The summed E-state index contributed by atoms with van der Waals surface area (Å²) in [6, 6.07) is 14.8. The number of carbonyl (C=O) groups excluding carboxylic acids is 1. The molecule has 0 aliphatic rings. The van der Waals surface area contributed by atoms with Gasteiger partial charge >= 0.3 is 0 Å². The first-order chi connectivity index (χ1) is 16.7. The number of ether oxygens (including phenoxy) is 2. The second-order valence-corrected chi connectivity index (χ2v) is 11.3. The van der Waals surface area contributed by atoms with E-state index in [2.05, 4.69) is 0 Å². The maximum absolute atomic E-state index is 13.9. The van der Waals surface area contributed by atoms with Gasteiger partial charge in [0, 0.05) is 17.2 Å². The highest BCUT2D eigenvalue weighted by Crippen LogP contribution is 2.33. The number of hydrogen-bond donors (Lipinski definition) is 0. The molecular weight excluding hydrogens is 502 g/mol. The number of rotatable bonds is 7. The van der Waals surface area contributed by atoms with Gasteiger partial charge in [-0.1, -0.05) is 62.1 Å². The van der Waals surface area contributed by atoms with E-state index in [1.165, 1.54) is 34.8 Å². The van der Waals surface area contributed by atoms with Crippen molar-refractivity contribution in [2.45, 2.75) is 25.9 Å². The summed E-state index contributed by atoms with van der Waals surface area (Å²) in [7, 11) is 3.09. The minimum absolute atomic E-state index is 0.0474. The van der Waals surface area contributed by atoms with Crippen molar-refractivity contribution < 1.29 is 14.3 Å². The topological polar surface area (TPSA) is 75.3 Å². The lowest BCUT2D eigenvalue weighted by Crippen LogP contribution is -2.25. The third-order valence-electron chi connectivity index (χ3n) is 5.39. The van der Waals surface area contributed by atoms with Crippen molar-refractivity contribution in [1.29, 1.82) is 0 Å². The predicted molar refractivity (Wildman–Crippen MR) is 144 cm³/mol. The van der Waals surface area contributed by atoms with Gasteiger partial charge in [-0.3, -0.25) is 18.7 Å². The summed E-state index contributed by atoms with van der Waals surface area (Å²) in [4.78, 5) is 31.6. The summed E-state index contributed by atoms with van der Waals surface area (Å²) < 4.78 is 15.1. The molecule has 7 nitrogen and oxygen atoms in total. The Kier molecular flexibility index (Phi) is 7.16. The van der Waals surface area contributed by atoms with Gasteiger partial charge in [0.2, 0.25) is 0 Å². The number of hydrogen-bond acceptors (Lipinski definition) is 8. The highest BCUT2D eigenvalue weighted by atomic mass is 32.2. The van der Waals surface area contributed by atoms with Crippen LogP contribution in [0.4, 0.5) is 0 Å². The molecule has 0 bridgehead atoms. The molecule has 0 fully saturated rings. The number of ketones is 1. The minimum Gasteiger partial charge on any atom is -0.497 e. The van der Waals surface area contributed by atoms with Crippen LogP contribution in [0.1, 0.15) is 20.8 Å². The SMILES string of the molecule is COc1ccc(OC)c(-n2c(SCC(=O)C(C)(C)C)nc3c(sc(=S)n3-c3ccccc3)c2=O)c1. The van der Waals surface area contributed by atoms with Crippen LogP contribution in [0.15, 0.2) is 58.5 Å². The fraction of sp³-hybridized carbons (Fsp3) is 0.280. The molecule has 0 aliphatic carbocycles. The van der Waals surface area contributed by atoms with E-state index in [4.69, 9.17) is 26.7 Å². The number of Topliss-reactive ketones (excluding diaryl/α,β-unsaturated/α-hetero) is 1. The van der Waals surface area contributed by atoms with Gasteiger partial charge in [0.1, 0.15) is 22.0 Å². The van der Waals surface area contributed by atoms with Gasteiger partial charge in [-0.2, -0.15) is 0 Å². The standard InChI is InChI=1S/C25H25N3O4S3/c1-25(2,3)19(29)14-34-23-26-21-20(35-24(33)27(21)15-9-7-6-8-10-15)22(30)28(23)17-13-16(31-4)11-12-18(17)32-5/h6-13H,14H2,1-5H3. The van der Waals surface area contributed by atoms with Gasteiger partial charge in [0.15, 0.2) is 14.8 Å². The van der Waals surface area contributed by atoms with E-state index < -0.39 is 5.41 Å². The molecular formula is C25H25N3O4S3. The maximum Gasteiger partial charge on any atom is 0.278 e. The molecule has 0 unspecified atom stereocenters. The molecule has 2 aromatic heterocycles. The number of nitrogens with zero attached hydrogens (tertiary/aromatic N) is 3. The molecule has 0 radical (unpaired) electrons. The van der Waals surface area contributed by atoms with Crippen LogP contribution in [0.5, 0.6) is 11.5 Å². The normalized spacial score (nSPS) is 11.6. The van der Waals surface area contributed by atoms with Gasteiger partial charge in [0.25, 0.3) is 5.56 Å². The van der Waals surface area contributed by atoms with Gasteiger partial charge in [0.05, 0.1) is 25.7 Å². The van der Waals surface area contributed by atoms with E-state index in [0.717, 1.165) is 5.69 Å². The molecule has 182 valence electrons. The molecule has 0 saturated heterocycles. The number of methoxy groups -OCH3 is 2. The third kappa shape index (κ3) is 4.91. The highest BCUT2D eigenvalue weighted by Gasteiger charge is 2.25.